The Morgan fingerprint density at radius 3 is 2.34 bits per heavy atom. The Bertz CT molecular complexity index is 893. The average Bonchev–Trinajstić information content (AvgIpc) is 2.91. The van der Waals surface area contributed by atoms with E-state index in [1.165, 1.54) is 4.90 Å². The van der Waals surface area contributed by atoms with E-state index in [-0.39, 0.29) is 24.4 Å². The fourth-order valence-electron chi connectivity index (χ4n) is 3.31. The number of nitrogens with zero attached hydrogens (tertiary/aromatic N) is 1. The number of hydrogen-bond donors (Lipinski definition) is 2. The minimum Gasteiger partial charge on any atom is -0.323 e. The molecule has 4 amide bonds. The highest BCUT2D eigenvalue weighted by molar-refractivity contribution is 6.07. The van der Waals surface area contributed by atoms with Crippen molar-refractivity contribution < 1.29 is 14.4 Å². The van der Waals surface area contributed by atoms with E-state index in [1.807, 2.05) is 30.3 Å². The first-order valence-electron chi connectivity index (χ1n) is 9.88. The van der Waals surface area contributed by atoms with Crippen LogP contribution in [0.5, 0.6) is 0 Å². The molecular formula is C23H27N3O3. The van der Waals surface area contributed by atoms with Crippen molar-refractivity contribution in [3.05, 3.63) is 65.7 Å². The first-order chi connectivity index (χ1) is 13.8. The second-order valence-corrected chi connectivity index (χ2v) is 8.10. The summed E-state index contributed by atoms with van der Waals surface area (Å²) in [6.45, 7) is 6.16. The van der Waals surface area contributed by atoms with Gasteiger partial charge >= 0.3 is 6.03 Å². The van der Waals surface area contributed by atoms with E-state index in [1.54, 1.807) is 31.2 Å². The number of imide groups is 1. The van der Waals surface area contributed by atoms with Crippen LogP contribution in [0.2, 0.25) is 0 Å². The molecule has 1 aliphatic heterocycles. The molecule has 0 aromatic heterocycles. The lowest BCUT2D eigenvalue weighted by atomic mass is 9.92. The molecule has 3 rings (SSSR count). The van der Waals surface area contributed by atoms with E-state index < -0.39 is 5.54 Å². The van der Waals surface area contributed by atoms with Gasteiger partial charge in [0.15, 0.2) is 0 Å². The number of amides is 4. The second-order valence-electron chi connectivity index (χ2n) is 8.10. The van der Waals surface area contributed by atoms with E-state index >= 15 is 0 Å². The quantitative estimate of drug-likeness (QED) is 0.693. The molecule has 2 aromatic rings. The molecule has 0 spiro atoms. The molecule has 6 nitrogen and oxygen atoms in total. The number of benzene rings is 2. The third kappa shape index (κ3) is 4.83. The van der Waals surface area contributed by atoms with Crippen LogP contribution in [0.4, 0.5) is 10.5 Å². The van der Waals surface area contributed by atoms with Crippen molar-refractivity contribution in [3.8, 4) is 0 Å². The Kier molecular flexibility index (Phi) is 6.01. The van der Waals surface area contributed by atoms with Crippen LogP contribution in [-0.4, -0.2) is 28.3 Å². The molecule has 0 aliphatic carbocycles. The first-order valence-corrected chi connectivity index (χ1v) is 9.88. The number of urea groups is 1. The van der Waals surface area contributed by atoms with Gasteiger partial charge in [0.2, 0.25) is 0 Å². The monoisotopic (exact) mass is 393 g/mol. The van der Waals surface area contributed by atoms with Crippen LogP contribution in [0.1, 0.15) is 49.5 Å². The molecule has 0 unspecified atom stereocenters. The summed E-state index contributed by atoms with van der Waals surface area (Å²) in [5, 5.41) is 5.67. The third-order valence-electron chi connectivity index (χ3n) is 5.16. The van der Waals surface area contributed by atoms with E-state index in [9.17, 15) is 14.4 Å². The number of rotatable bonds is 7. The van der Waals surface area contributed by atoms with Gasteiger partial charge in [-0.15, -0.1) is 0 Å². The Hall–Kier alpha value is -3.15. The molecular weight excluding hydrogens is 366 g/mol. The van der Waals surface area contributed by atoms with Gasteiger partial charge in [-0.25, -0.2) is 4.79 Å². The smallest absolute Gasteiger partial charge is 0.323 e. The number of carbonyl (C=O) groups is 3. The maximum atomic E-state index is 12.8. The lowest BCUT2D eigenvalue weighted by molar-refractivity contribution is -0.131. The molecule has 6 heteroatoms. The van der Waals surface area contributed by atoms with Crippen LogP contribution in [0.15, 0.2) is 54.6 Å². The highest BCUT2D eigenvalue weighted by Crippen LogP contribution is 2.26. The molecule has 2 N–H and O–H groups in total. The molecule has 2 aromatic carbocycles. The zero-order chi connectivity index (χ0) is 21.0. The number of carbonyl (C=O) groups excluding carboxylic acids is 3. The summed E-state index contributed by atoms with van der Waals surface area (Å²) in [5.41, 5.74) is 1.17. The molecule has 0 saturated carbocycles. The lowest BCUT2D eigenvalue weighted by Gasteiger charge is -2.22. The molecule has 0 radical (unpaired) electrons. The average molecular weight is 393 g/mol. The molecule has 1 atom stereocenters. The van der Waals surface area contributed by atoms with Gasteiger partial charge in [0, 0.05) is 11.3 Å². The fourth-order valence-corrected chi connectivity index (χ4v) is 3.31. The van der Waals surface area contributed by atoms with Crippen molar-refractivity contribution in [3.63, 3.8) is 0 Å². The van der Waals surface area contributed by atoms with Crippen molar-refractivity contribution in [2.24, 2.45) is 5.92 Å². The molecule has 152 valence electrons. The molecule has 0 bridgehead atoms. The summed E-state index contributed by atoms with van der Waals surface area (Å²) in [5.74, 6) is 0.0493. The maximum Gasteiger partial charge on any atom is 0.325 e. The van der Waals surface area contributed by atoms with Crippen molar-refractivity contribution in [1.82, 2.24) is 10.2 Å². The van der Waals surface area contributed by atoms with Crippen LogP contribution in [0.3, 0.4) is 0 Å². The molecule has 1 saturated heterocycles. The van der Waals surface area contributed by atoms with Crippen molar-refractivity contribution in [2.45, 2.75) is 45.7 Å². The van der Waals surface area contributed by atoms with Gasteiger partial charge in [0.25, 0.3) is 11.8 Å². The standard InChI is InChI=1S/C23H27N3O3/c1-16(2)13-14-23(3)21(28)26(22(29)25-23)15-17-9-11-18(12-10-17)20(27)24-19-7-5-4-6-8-19/h4-12,16H,13-15H2,1-3H3,(H,24,27)(H,25,29)/t23-/m1/s1. The summed E-state index contributed by atoms with van der Waals surface area (Å²) in [6, 6.07) is 15.8. The topological polar surface area (TPSA) is 78.5 Å². The number of hydrogen-bond acceptors (Lipinski definition) is 3. The predicted octanol–water partition coefficient (Wildman–Crippen LogP) is 4.19. The maximum absolute atomic E-state index is 12.8. The highest BCUT2D eigenvalue weighted by atomic mass is 16.2. The SMILES string of the molecule is CC(C)CC[C@@]1(C)NC(=O)N(Cc2ccc(C(=O)Nc3ccccc3)cc2)C1=O. The number of nitrogens with one attached hydrogen (secondary N) is 2. The van der Waals surface area contributed by atoms with Gasteiger partial charge in [-0.3, -0.25) is 14.5 Å². The largest absolute Gasteiger partial charge is 0.325 e. The zero-order valence-corrected chi connectivity index (χ0v) is 17.1. The lowest BCUT2D eigenvalue weighted by Crippen LogP contribution is -2.44. The van der Waals surface area contributed by atoms with Crippen LogP contribution < -0.4 is 10.6 Å². The predicted molar refractivity (Wildman–Crippen MR) is 112 cm³/mol. The summed E-state index contributed by atoms with van der Waals surface area (Å²) < 4.78 is 0. The summed E-state index contributed by atoms with van der Waals surface area (Å²) in [7, 11) is 0. The Labute approximate surface area is 171 Å². The van der Waals surface area contributed by atoms with Gasteiger partial charge < -0.3 is 10.6 Å². The zero-order valence-electron chi connectivity index (χ0n) is 17.1. The Morgan fingerprint density at radius 2 is 1.72 bits per heavy atom. The molecule has 1 aliphatic rings. The van der Waals surface area contributed by atoms with E-state index in [0.29, 0.717) is 17.9 Å². The minimum absolute atomic E-state index is 0.183. The molecule has 29 heavy (non-hydrogen) atoms. The first kappa shape index (κ1) is 20.6. The van der Waals surface area contributed by atoms with Gasteiger partial charge in [0.05, 0.1) is 6.54 Å². The number of anilines is 1. The van der Waals surface area contributed by atoms with E-state index in [0.717, 1.165) is 17.7 Å². The number of para-hydroxylation sites is 1. The van der Waals surface area contributed by atoms with E-state index in [4.69, 9.17) is 0 Å². The molecule has 1 heterocycles. The summed E-state index contributed by atoms with van der Waals surface area (Å²) in [4.78, 5) is 38.8. The van der Waals surface area contributed by atoms with Gasteiger partial charge in [-0.1, -0.05) is 44.2 Å². The van der Waals surface area contributed by atoms with Crippen LogP contribution in [0.25, 0.3) is 0 Å². The van der Waals surface area contributed by atoms with Gasteiger partial charge in [-0.05, 0) is 55.5 Å². The molecule has 1 fully saturated rings. The normalized spacial score (nSPS) is 18.8. The third-order valence-corrected chi connectivity index (χ3v) is 5.16. The van der Waals surface area contributed by atoms with Crippen molar-refractivity contribution >= 4 is 23.5 Å². The Morgan fingerprint density at radius 1 is 1.07 bits per heavy atom. The van der Waals surface area contributed by atoms with E-state index in [2.05, 4.69) is 24.5 Å². The van der Waals surface area contributed by atoms with Crippen molar-refractivity contribution in [1.29, 1.82) is 0 Å². The van der Waals surface area contributed by atoms with Crippen LogP contribution in [0, 0.1) is 5.92 Å². The minimum atomic E-state index is -0.850. The fraction of sp³-hybridized carbons (Fsp3) is 0.348. The summed E-state index contributed by atoms with van der Waals surface area (Å²) in [6.07, 6.45) is 1.48. The van der Waals surface area contributed by atoms with Gasteiger partial charge in [-0.2, -0.15) is 0 Å². The van der Waals surface area contributed by atoms with Crippen LogP contribution in [-0.2, 0) is 11.3 Å². The van der Waals surface area contributed by atoms with Crippen molar-refractivity contribution in [2.75, 3.05) is 5.32 Å². The van der Waals surface area contributed by atoms with Gasteiger partial charge in [0.1, 0.15) is 5.54 Å². The second kappa shape index (κ2) is 8.47. The summed E-state index contributed by atoms with van der Waals surface area (Å²) >= 11 is 0. The highest BCUT2D eigenvalue weighted by Gasteiger charge is 2.47. The Balaban J connectivity index is 1.64. The van der Waals surface area contributed by atoms with Crippen LogP contribution >= 0.6 is 0 Å².